The van der Waals surface area contributed by atoms with Gasteiger partial charge in [0.25, 0.3) is 0 Å². The Kier molecular flexibility index (Phi) is 16.5. The van der Waals surface area contributed by atoms with E-state index < -0.39 is 6.17 Å². The molecule has 2 atom stereocenters. The quantitative estimate of drug-likeness (QED) is 0.127. The highest BCUT2D eigenvalue weighted by atomic mass is 19.1. The monoisotopic (exact) mass is 431 g/mol. The van der Waals surface area contributed by atoms with Crippen molar-refractivity contribution in [1.82, 2.24) is 10.6 Å². The molecule has 0 spiro atoms. The van der Waals surface area contributed by atoms with Gasteiger partial charge >= 0.3 is 0 Å². The zero-order valence-electron chi connectivity index (χ0n) is 18.9. The largest absolute Gasteiger partial charge is 0.396 e. The van der Waals surface area contributed by atoms with Crippen molar-refractivity contribution in [3.8, 4) is 0 Å². The van der Waals surface area contributed by atoms with E-state index in [9.17, 15) is 9.18 Å². The molecular formula is C25H38FN3O2. The lowest BCUT2D eigenvalue weighted by Crippen LogP contribution is -2.23. The number of hydrogen-bond acceptors (Lipinski definition) is 4. The van der Waals surface area contributed by atoms with E-state index in [-0.39, 0.29) is 31.3 Å². The van der Waals surface area contributed by atoms with Crippen LogP contribution in [0, 0.1) is 5.92 Å². The maximum absolute atomic E-state index is 13.3. The minimum Gasteiger partial charge on any atom is -0.396 e. The number of aliphatic hydroxyl groups excluding tert-OH is 1. The van der Waals surface area contributed by atoms with E-state index in [1.54, 1.807) is 18.4 Å². The minimum absolute atomic E-state index is 0.00687. The van der Waals surface area contributed by atoms with Crippen LogP contribution in [0.2, 0.25) is 0 Å². The van der Waals surface area contributed by atoms with Crippen molar-refractivity contribution < 1.29 is 14.3 Å². The summed E-state index contributed by atoms with van der Waals surface area (Å²) in [5.41, 5.74) is 1.70. The molecule has 0 saturated heterocycles. The van der Waals surface area contributed by atoms with Crippen LogP contribution in [-0.2, 0) is 4.79 Å². The van der Waals surface area contributed by atoms with E-state index in [4.69, 9.17) is 5.11 Å². The summed E-state index contributed by atoms with van der Waals surface area (Å²) in [4.78, 5) is 16.7. The van der Waals surface area contributed by atoms with Crippen LogP contribution in [0.15, 0.2) is 78.4 Å². The summed E-state index contributed by atoms with van der Waals surface area (Å²) < 4.78 is 13.3. The summed E-state index contributed by atoms with van der Waals surface area (Å²) in [6.07, 6.45) is 14.7. The van der Waals surface area contributed by atoms with Crippen LogP contribution in [0.5, 0.6) is 0 Å². The number of carbonyl (C=O) groups is 1. The molecule has 172 valence electrons. The number of hydrogen-bond donors (Lipinski definition) is 3. The third-order valence-corrected chi connectivity index (χ3v) is 4.26. The maximum Gasteiger partial charge on any atom is 0.227 e. The molecule has 0 aliphatic rings. The number of nitrogens with zero attached hydrogens (tertiary/aromatic N) is 1. The third kappa shape index (κ3) is 14.8. The lowest BCUT2D eigenvalue weighted by atomic mass is 10.2. The van der Waals surface area contributed by atoms with Crippen LogP contribution < -0.4 is 10.6 Å². The number of nitrogens with one attached hydrogen (secondary N) is 2. The molecule has 0 aromatic heterocycles. The topological polar surface area (TPSA) is 73.7 Å². The second-order valence-electron chi connectivity index (χ2n) is 7.10. The molecule has 1 amide bonds. The Hall–Kier alpha value is -2.73. The molecule has 0 aromatic carbocycles. The molecular weight excluding hydrogens is 393 g/mol. The number of carbonyl (C=O) groups excluding carboxylic acids is 1. The zero-order chi connectivity index (χ0) is 23.5. The van der Waals surface area contributed by atoms with Gasteiger partial charge in [-0.2, -0.15) is 0 Å². The number of alkyl halides is 1. The van der Waals surface area contributed by atoms with E-state index in [0.717, 1.165) is 25.7 Å². The number of aliphatic imine (C=N–C) groups is 1. The fourth-order valence-corrected chi connectivity index (χ4v) is 2.39. The van der Waals surface area contributed by atoms with Crippen LogP contribution in [0.4, 0.5) is 4.39 Å². The van der Waals surface area contributed by atoms with Gasteiger partial charge in [-0.05, 0) is 38.5 Å². The van der Waals surface area contributed by atoms with Crippen LogP contribution in [-0.4, -0.2) is 30.0 Å². The Morgan fingerprint density at radius 3 is 2.58 bits per heavy atom. The highest BCUT2D eigenvalue weighted by Gasteiger charge is 2.08. The first-order valence-corrected chi connectivity index (χ1v) is 10.7. The molecule has 0 bridgehead atoms. The molecule has 0 heterocycles. The molecule has 6 heteroatoms. The van der Waals surface area contributed by atoms with Crippen molar-refractivity contribution >= 4 is 12.1 Å². The Bertz CT molecular complexity index is 693. The minimum atomic E-state index is -1.24. The second kappa shape index (κ2) is 18.1. The van der Waals surface area contributed by atoms with Crippen LogP contribution in [0.1, 0.15) is 52.4 Å². The Morgan fingerprint density at radius 2 is 1.97 bits per heavy atom. The van der Waals surface area contributed by atoms with Gasteiger partial charge in [-0.15, -0.1) is 13.2 Å². The summed E-state index contributed by atoms with van der Waals surface area (Å²) in [6, 6.07) is 0. The van der Waals surface area contributed by atoms with E-state index in [0.29, 0.717) is 17.1 Å². The smallest absolute Gasteiger partial charge is 0.227 e. The van der Waals surface area contributed by atoms with E-state index in [2.05, 4.69) is 35.4 Å². The number of unbranched alkanes of at least 4 members (excludes halogenated alkanes) is 3. The summed E-state index contributed by atoms with van der Waals surface area (Å²) in [5, 5.41) is 14.6. The first kappa shape index (κ1) is 28.3. The van der Waals surface area contributed by atoms with Gasteiger partial charge in [-0.1, -0.05) is 44.2 Å². The van der Waals surface area contributed by atoms with Crippen molar-refractivity contribution in [2.24, 2.45) is 10.9 Å². The lowest BCUT2D eigenvalue weighted by molar-refractivity contribution is -0.119. The number of amides is 1. The number of allylic oxidation sites excluding steroid dienone is 5. The van der Waals surface area contributed by atoms with Crippen molar-refractivity contribution in [2.75, 3.05) is 6.61 Å². The lowest BCUT2D eigenvalue weighted by Gasteiger charge is -2.11. The van der Waals surface area contributed by atoms with Gasteiger partial charge in [0.2, 0.25) is 5.91 Å². The van der Waals surface area contributed by atoms with E-state index >= 15 is 0 Å². The van der Waals surface area contributed by atoms with Gasteiger partial charge in [0, 0.05) is 37.3 Å². The van der Waals surface area contributed by atoms with Crippen LogP contribution in [0.25, 0.3) is 0 Å². The first-order chi connectivity index (χ1) is 14.9. The van der Waals surface area contributed by atoms with Crippen molar-refractivity contribution in [1.29, 1.82) is 0 Å². The summed E-state index contributed by atoms with van der Waals surface area (Å²) in [5.74, 6) is -0.171. The van der Waals surface area contributed by atoms with Gasteiger partial charge in [-0.3, -0.25) is 9.79 Å². The van der Waals surface area contributed by atoms with E-state index in [1.165, 1.54) is 6.08 Å². The highest BCUT2D eigenvalue weighted by Crippen LogP contribution is 2.12. The summed E-state index contributed by atoms with van der Waals surface area (Å²) in [6.45, 7) is 14.9. The fraction of sp³-hybridized carbons (Fsp3) is 0.440. The van der Waals surface area contributed by atoms with Gasteiger partial charge in [0.05, 0.1) is 11.4 Å². The standard InChI is InChI=1S/C25H38FN3O2/c1-6-20(4)19-28-23(8-3)24(27-16-12-10-9-11-13-17-30)14-15-25(31)29-21(5)18-22(26)7-2/h6-8,12,14,16,19-20,22,27,30H,1-2,5,9-11,13,15,17-18H2,3-4H3,(H,29,31)/b16-12+,23-8+,24-14+,28-19?. The van der Waals surface area contributed by atoms with Crippen LogP contribution in [0.3, 0.4) is 0 Å². The normalized spacial score (nSPS) is 14.5. The molecule has 2 unspecified atom stereocenters. The van der Waals surface area contributed by atoms with Gasteiger partial charge < -0.3 is 15.7 Å². The average Bonchev–Trinajstić information content (AvgIpc) is 2.75. The van der Waals surface area contributed by atoms with Crippen LogP contribution >= 0.6 is 0 Å². The Balaban J connectivity index is 5.13. The molecule has 0 rings (SSSR count). The molecule has 0 radical (unpaired) electrons. The SMILES string of the molecule is C=CC(C)C=NC(=C/C)/C(=C\CC(=O)NC(=C)CC(F)C=C)N/C=C/CCCCCO. The van der Waals surface area contributed by atoms with Gasteiger partial charge in [-0.25, -0.2) is 4.39 Å². The number of aliphatic hydroxyl groups is 1. The molecule has 0 saturated carbocycles. The summed E-state index contributed by atoms with van der Waals surface area (Å²) >= 11 is 0. The molecule has 0 fully saturated rings. The number of halogens is 1. The third-order valence-electron chi connectivity index (χ3n) is 4.26. The van der Waals surface area contributed by atoms with Crippen molar-refractivity contribution in [2.45, 2.75) is 58.5 Å². The Morgan fingerprint density at radius 1 is 1.23 bits per heavy atom. The Labute approximate surface area is 186 Å². The highest BCUT2D eigenvalue weighted by molar-refractivity contribution is 5.79. The second-order valence-corrected chi connectivity index (χ2v) is 7.10. The first-order valence-electron chi connectivity index (χ1n) is 10.7. The average molecular weight is 432 g/mol. The predicted molar refractivity (Wildman–Crippen MR) is 129 cm³/mol. The molecule has 31 heavy (non-hydrogen) atoms. The van der Waals surface area contributed by atoms with Crippen molar-refractivity contribution in [3.63, 3.8) is 0 Å². The molecule has 5 nitrogen and oxygen atoms in total. The molecule has 0 aromatic rings. The molecule has 3 N–H and O–H groups in total. The van der Waals surface area contributed by atoms with Crippen molar-refractivity contribution in [3.05, 3.63) is 73.4 Å². The molecule has 0 aliphatic carbocycles. The fourth-order valence-electron chi connectivity index (χ4n) is 2.39. The van der Waals surface area contributed by atoms with E-state index in [1.807, 2.05) is 32.2 Å². The van der Waals surface area contributed by atoms with Gasteiger partial charge in [0.1, 0.15) is 6.17 Å². The summed E-state index contributed by atoms with van der Waals surface area (Å²) in [7, 11) is 0. The van der Waals surface area contributed by atoms with Gasteiger partial charge in [0.15, 0.2) is 0 Å². The zero-order valence-corrected chi connectivity index (χ0v) is 18.9. The predicted octanol–water partition coefficient (Wildman–Crippen LogP) is 5.26. The number of rotatable bonds is 17. The molecule has 0 aliphatic heterocycles. The maximum atomic E-state index is 13.3.